The Morgan fingerprint density at radius 2 is 1.84 bits per heavy atom. The number of aliphatic imine (C=N–C) groups is 1. The van der Waals surface area contributed by atoms with Gasteiger partial charge in [-0.25, -0.2) is 4.99 Å². The van der Waals surface area contributed by atoms with E-state index in [0.29, 0.717) is 35.2 Å². The van der Waals surface area contributed by atoms with Crippen molar-refractivity contribution in [3.8, 4) is 17.2 Å². The molecule has 0 radical (unpaired) electrons. The van der Waals surface area contributed by atoms with Crippen LogP contribution in [0.15, 0.2) is 21.9 Å². The summed E-state index contributed by atoms with van der Waals surface area (Å²) in [5.41, 5.74) is 1.09. The van der Waals surface area contributed by atoms with Crippen LogP contribution in [-0.2, 0) is 4.74 Å². The monoisotopic (exact) mass is 447 g/mol. The fourth-order valence-corrected chi connectivity index (χ4v) is 5.49. The minimum atomic E-state index is -0.278. The molecule has 0 amide bonds. The number of benzene rings is 1. The Balaban J connectivity index is 1.84. The van der Waals surface area contributed by atoms with Crippen molar-refractivity contribution in [3.63, 3.8) is 0 Å². The number of nitrogens with one attached hydrogen (secondary N) is 1. The number of H-pyrrole nitrogens is 1. The summed E-state index contributed by atoms with van der Waals surface area (Å²) in [4.78, 5) is 17.9. The van der Waals surface area contributed by atoms with Gasteiger partial charge in [-0.05, 0) is 39.7 Å². The maximum absolute atomic E-state index is 13.2. The maximum Gasteiger partial charge on any atom is 0.271 e. The van der Waals surface area contributed by atoms with Crippen LogP contribution in [0.4, 0.5) is 5.82 Å². The Kier molecular flexibility index (Phi) is 5.83. The third kappa shape index (κ3) is 3.96. The second-order valence-corrected chi connectivity index (χ2v) is 9.68. The molecule has 168 valence electrons. The van der Waals surface area contributed by atoms with Crippen molar-refractivity contribution in [2.75, 3.05) is 27.9 Å². The van der Waals surface area contributed by atoms with Gasteiger partial charge in [-0.3, -0.25) is 14.6 Å². The first-order valence-electron chi connectivity index (χ1n) is 10.3. The smallest absolute Gasteiger partial charge is 0.271 e. The second-order valence-electron chi connectivity index (χ2n) is 8.38. The molecule has 0 aliphatic carbocycles. The van der Waals surface area contributed by atoms with Gasteiger partial charge >= 0.3 is 0 Å². The van der Waals surface area contributed by atoms with E-state index in [2.05, 4.69) is 18.9 Å². The Morgan fingerprint density at radius 3 is 2.48 bits per heavy atom. The summed E-state index contributed by atoms with van der Waals surface area (Å²) in [6.07, 6.45) is 1.63. The number of thioether (sulfide) groups is 1. The van der Waals surface area contributed by atoms with Crippen LogP contribution < -0.4 is 19.8 Å². The highest BCUT2D eigenvalue weighted by molar-refractivity contribution is 8.14. The molecule has 0 bridgehead atoms. The first-order chi connectivity index (χ1) is 14.8. The average Bonchev–Trinajstić information content (AvgIpc) is 3.07. The molecule has 4 rings (SSSR count). The summed E-state index contributed by atoms with van der Waals surface area (Å²) in [7, 11) is 4.79. The predicted molar refractivity (Wildman–Crippen MR) is 122 cm³/mol. The van der Waals surface area contributed by atoms with E-state index in [9.17, 15) is 4.79 Å². The van der Waals surface area contributed by atoms with E-state index in [1.807, 2.05) is 17.7 Å². The SMILES string of the molecule is COc1cc(OC)c([C@H]2SC(C)=Nc3c2c(=O)[nH]n3[C@@H]2CCOC(C)(C)C2)cc1OC. The molecule has 1 saturated heterocycles. The van der Waals surface area contributed by atoms with Crippen LogP contribution in [0.25, 0.3) is 0 Å². The van der Waals surface area contributed by atoms with Crippen LogP contribution in [-0.4, -0.2) is 48.4 Å². The Bertz CT molecular complexity index is 1070. The Labute approximate surface area is 185 Å². The van der Waals surface area contributed by atoms with E-state index < -0.39 is 0 Å². The lowest BCUT2D eigenvalue weighted by molar-refractivity contribution is -0.0705. The van der Waals surface area contributed by atoms with Crippen LogP contribution in [0.3, 0.4) is 0 Å². The summed E-state index contributed by atoms with van der Waals surface area (Å²) >= 11 is 1.53. The zero-order valence-electron chi connectivity index (χ0n) is 18.8. The molecule has 3 heterocycles. The van der Waals surface area contributed by atoms with Crippen molar-refractivity contribution in [1.29, 1.82) is 0 Å². The number of aromatic nitrogens is 2. The lowest BCUT2D eigenvalue weighted by atomic mass is 9.94. The van der Waals surface area contributed by atoms with E-state index in [1.165, 1.54) is 11.8 Å². The summed E-state index contributed by atoms with van der Waals surface area (Å²) < 4.78 is 24.4. The quantitative estimate of drug-likeness (QED) is 0.739. The van der Waals surface area contributed by atoms with Crippen molar-refractivity contribution in [3.05, 3.63) is 33.6 Å². The van der Waals surface area contributed by atoms with Gasteiger partial charge in [-0.15, -0.1) is 0 Å². The number of methoxy groups -OCH3 is 3. The van der Waals surface area contributed by atoms with E-state index in [4.69, 9.17) is 23.9 Å². The van der Waals surface area contributed by atoms with Crippen molar-refractivity contribution in [2.24, 2.45) is 4.99 Å². The van der Waals surface area contributed by atoms with Crippen LogP contribution in [0.1, 0.15) is 56.0 Å². The third-order valence-corrected chi connectivity index (χ3v) is 6.96. The molecule has 0 saturated carbocycles. The number of nitrogens with zero attached hydrogens (tertiary/aromatic N) is 2. The number of fused-ring (bicyclic) bond motifs is 1. The molecule has 1 N–H and O–H groups in total. The molecule has 0 unspecified atom stereocenters. The average molecular weight is 448 g/mol. The number of hydrogen-bond acceptors (Lipinski definition) is 7. The fraction of sp³-hybridized carbons (Fsp3) is 0.545. The fourth-order valence-electron chi connectivity index (χ4n) is 4.37. The lowest BCUT2D eigenvalue weighted by Crippen LogP contribution is -2.35. The number of aromatic amines is 1. The van der Waals surface area contributed by atoms with Crippen LogP contribution >= 0.6 is 11.8 Å². The topological polar surface area (TPSA) is 87.1 Å². The van der Waals surface area contributed by atoms with Crippen molar-refractivity contribution >= 4 is 22.6 Å². The molecule has 0 spiro atoms. The van der Waals surface area contributed by atoms with Gasteiger partial charge in [0.15, 0.2) is 17.3 Å². The zero-order valence-corrected chi connectivity index (χ0v) is 19.6. The van der Waals surface area contributed by atoms with Gasteiger partial charge in [0, 0.05) is 18.2 Å². The van der Waals surface area contributed by atoms with Gasteiger partial charge in [0.25, 0.3) is 5.56 Å². The predicted octanol–water partition coefficient (Wildman–Crippen LogP) is 4.22. The summed E-state index contributed by atoms with van der Waals surface area (Å²) in [6, 6.07) is 3.79. The Morgan fingerprint density at radius 1 is 1.16 bits per heavy atom. The summed E-state index contributed by atoms with van der Waals surface area (Å²) in [5, 5.41) is 3.67. The molecule has 1 fully saturated rings. The first-order valence-corrected chi connectivity index (χ1v) is 11.2. The highest BCUT2D eigenvalue weighted by atomic mass is 32.2. The van der Waals surface area contributed by atoms with Crippen LogP contribution in [0, 0.1) is 0 Å². The highest BCUT2D eigenvalue weighted by Gasteiger charge is 2.37. The minimum absolute atomic E-state index is 0.118. The zero-order chi connectivity index (χ0) is 22.3. The van der Waals surface area contributed by atoms with Crippen molar-refractivity contribution < 1.29 is 18.9 Å². The second kappa shape index (κ2) is 8.27. The largest absolute Gasteiger partial charge is 0.496 e. The van der Waals surface area contributed by atoms with Gasteiger partial charge in [0.1, 0.15) is 5.75 Å². The normalized spacial score (nSPS) is 22.5. The standard InChI is InChI=1S/C22H29N3O5S/c1-12-23-20-18(21(26)24-25(20)13-7-8-30-22(2,3)11-13)19(31-12)14-9-16(28-5)17(29-6)10-15(14)27-4/h9-10,13,19H,7-8,11H2,1-6H3,(H,24,26)/t13-,19-/m1/s1. The van der Waals surface area contributed by atoms with Crippen LogP contribution in [0.5, 0.6) is 17.2 Å². The van der Waals surface area contributed by atoms with E-state index in [-0.39, 0.29) is 22.5 Å². The molecule has 1 aromatic heterocycles. The van der Waals surface area contributed by atoms with E-state index in [1.54, 1.807) is 27.4 Å². The minimum Gasteiger partial charge on any atom is -0.496 e. The molecule has 9 heteroatoms. The molecular formula is C22H29N3O5S. The number of ether oxygens (including phenoxy) is 4. The van der Waals surface area contributed by atoms with Gasteiger partial charge in [-0.2, -0.15) is 0 Å². The van der Waals surface area contributed by atoms with Crippen molar-refractivity contribution in [1.82, 2.24) is 9.78 Å². The van der Waals surface area contributed by atoms with Gasteiger partial charge < -0.3 is 18.9 Å². The molecule has 31 heavy (non-hydrogen) atoms. The summed E-state index contributed by atoms with van der Waals surface area (Å²) in [5.74, 6) is 2.48. The van der Waals surface area contributed by atoms with Gasteiger partial charge in [0.2, 0.25) is 0 Å². The maximum atomic E-state index is 13.2. The van der Waals surface area contributed by atoms with Gasteiger partial charge in [-0.1, -0.05) is 11.8 Å². The highest BCUT2D eigenvalue weighted by Crippen LogP contribution is 2.50. The van der Waals surface area contributed by atoms with Gasteiger partial charge in [0.05, 0.1) is 48.8 Å². The third-order valence-electron chi connectivity index (χ3n) is 5.80. The van der Waals surface area contributed by atoms with Crippen LogP contribution in [0.2, 0.25) is 0 Å². The van der Waals surface area contributed by atoms with E-state index in [0.717, 1.165) is 23.4 Å². The van der Waals surface area contributed by atoms with Crippen molar-refractivity contribution in [2.45, 2.75) is 50.5 Å². The number of hydrogen-bond donors (Lipinski definition) is 1. The molecule has 1 aromatic carbocycles. The molecule has 2 aromatic rings. The summed E-state index contributed by atoms with van der Waals surface area (Å²) in [6.45, 7) is 6.77. The Hall–Kier alpha value is -2.39. The first kappa shape index (κ1) is 21.8. The lowest BCUT2D eigenvalue weighted by Gasteiger charge is -2.36. The molecule has 2 aliphatic heterocycles. The molecule has 8 nitrogen and oxygen atoms in total. The molecule has 2 atom stereocenters. The van der Waals surface area contributed by atoms with E-state index >= 15 is 0 Å². The molecule has 2 aliphatic rings. The number of rotatable bonds is 5. The molecular weight excluding hydrogens is 418 g/mol.